The Bertz CT molecular complexity index is 603. The van der Waals surface area contributed by atoms with E-state index in [1.165, 1.54) is 66.1 Å². The Balaban J connectivity index is 1.45. The Morgan fingerprint density at radius 1 is 0.792 bits per heavy atom. The molecule has 1 aliphatic carbocycles. The van der Waals surface area contributed by atoms with Gasteiger partial charge in [-0.2, -0.15) is 0 Å². The lowest BCUT2D eigenvalue weighted by Gasteiger charge is -2.29. The highest BCUT2D eigenvalue weighted by atomic mass is 127. The maximum Gasteiger partial charge on any atom is 0.0130 e. The Labute approximate surface area is 161 Å². The first-order chi connectivity index (χ1) is 11.7. The first-order valence-corrected chi connectivity index (χ1v) is 10.7. The van der Waals surface area contributed by atoms with Gasteiger partial charge in [0.1, 0.15) is 0 Å². The fraction of sp³-hybridized carbons (Fsp3) is 0.478. The molecule has 1 fully saturated rings. The van der Waals surface area contributed by atoms with Crippen molar-refractivity contribution in [2.75, 3.05) is 0 Å². The Morgan fingerprint density at radius 3 is 2.00 bits per heavy atom. The number of halogens is 1. The highest BCUT2D eigenvalue weighted by Crippen LogP contribution is 2.37. The van der Waals surface area contributed by atoms with E-state index in [1.54, 1.807) is 5.56 Å². The minimum atomic E-state index is 0.801. The molecule has 128 valence electrons. The van der Waals surface area contributed by atoms with Gasteiger partial charge < -0.3 is 0 Å². The van der Waals surface area contributed by atoms with Crippen molar-refractivity contribution >= 4 is 22.6 Å². The molecular weight excluding hydrogens is 403 g/mol. The molecule has 0 bridgehead atoms. The summed E-state index contributed by atoms with van der Waals surface area (Å²) in [6.45, 7) is 2.26. The predicted octanol–water partition coefficient (Wildman–Crippen LogP) is 7.15. The Kier molecular flexibility index (Phi) is 6.76. The molecule has 0 aliphatic heterocycles. The van der Waals surface area contributed by atoms with Gasteiger partial charge in [-0.05, 0) is 108 Å². The van der Waals surface area contributed by atoms with Crippen molar-refractivity contribution in [1.82, 2.24) is 0 Å². The van der Waals surface area contributed by atoms with E-state index in [0.29, 0.717) is 0 Å². The van der Waals surface area contributed by atoms with Gasteiger partial charge >= 0.3 is 0 Å². The number of benzene rings is 2. The lowest BCUT2D eigenvalue weighted by Crippen LogP contribution is -2.14. The van der Waals surface area contributed by atoms with Gasteiger partial charge in [0.25, 0.3) is 0 Å². The predicted molar refractivity (Wildman–Crippen MR) is 113 cm³/mol. The van der Waals surface area contributed by atoms with Crippen LogP contribution in [0.5, 0.6) is 0 Å². The molecule has 0 unspecified atom stereocenters. The molecule has 2 aromatic rings. The molecule has 0 aromatic heterocycles. The van der Waals surface area contributed by atoms with Crippen molar-refractivity contribution in [3.63, 3.8) is 0 Å². The fourth-order valence-electron chi connectivity index (χ4n) is 4.05. The summed E-state index contributed by atoms with van der Waals surface area (Å²) in [5, 5.41) is 0. The summed E-state index contributed by atoms with van der Waals surface area (Å²) in [7, 11) is 0. The second kappa shape index (κ2) is 9.03. The molecule has 0 saturated heterocycles. The first-order valence-electron chi connectivity index (χ1n) is 9.58. The summed E-state index contributed by atoms with van der Waals surface area (Å²) in [6, 6.07) is 18.5. The second-order valence-corrected chi connectivity index (χ2v) is 8.62. The second-order valence-electron chi connectivity index (χ2n) is 7.37. The van der Waals surface area contributed by atoms with Crippen LogP contribution in [0, 0.1) is 9.49 Å². The SMILES string of the molecule is CCCc1ccc([C@H]2CC[C@H](CCc3ccc(I)cc3)CC2)cc1. The third-order valence-corrected chi connectivity index (χ3v) is 6.31. The van der Waals surface area contributed by atoms with E-state index in [0.717, 1.165) is 11.8 Å². The molecule has 3 rings (SSSR count). The lowest BCUT2D eigenvalue weighted by atomic mass is 9.77. The molecular formula is C23H29I. The number of hydrogen-bond donors (Lipinski definition) is 0. The van der Waals surface area contributed by atoms with E-state index < -0.39 is 0 Å². The minimum Gasteiger partial charge on any atom is -0.0651 e. The molecule has 2 aromatic carbocycles. The molecule has 0 heterocycles. The van der Waals surface area contributed by atoms with E-state index in [9.17, 15) is 0 Å². The van der Waals surface area contributed by atoms with Crippen LogP contribution in [0.3, 0.4) is 0 Å². The third-order valence-electron chi connectivity index (χ3n) is 5.59. The summed E-state index contributed by atoms with van der Waals surface area (Å²) in [5.74, 6) is 1.73. The lowest BCUT2D eigenvalue weighted by molar-refractivity contribution is 0.310. The van der Waals surface area contributed by atoms with Crippen molar-refractivity contribution in [3.8, 4) is 0 Å². The molecule has 1 heteroatoms. The standard InChI is InChI=1S/C23H29I/c1-2-3-18-6-12-21(13-7-18)22-14-8-19(9-15-22)4-5-20-10-16-23(24)17-11-20/h6-7,10-13,16-17,19,22H,2-5,8-9,14-15H2,1H3/t19-,22-. The molecule has 0 N–H and O–H groups in total. The van der Waals surface area contributed by atoms with Crippen LogP contribution in [-0.2, 0) is 12.8 Å². The van der Waals surface area contributed by atoms with Gasteiger partial charge in [0, 0.05) is 3.57 Å². The van der Waals surface area contributed by atoms with Crippen molar-refractivity contribution in [1.29, 1.82) is 0 Å². The van der Waals surface area contributed by atoms with Gasteiger partial charge in [0.15, 0.2) is 0 Å². The monoisotopic (exact) mass is 432 g/mol. The van der Waals surface area contributed by atoms with Crippen LogP contribution < -0.4 is 0 Å². The van der Waals surface area contributed by atoms with Crippen LogP contribution >= 0.6 is 22.6 Å². The minimum absolute atomic E-state index is 0.801. The van der Waals surface area contributed by atoms with Crippen LogP contribution in [0.2, 0.25) is 0 Å². The van der Waals surface area contributed by atoms with Crippen LogP contribution in [0.1, 0.15) is 68.1 Å². The van der Waals surface area contributed by atoms with Crippen molar-refractivity contribution < 1.29 is 0 Å². The van der Waals surface area contributed by atoms with E-state index >= 15 is 0 Å². The van der Waals surface area contributed by atoms with Gasteiger partial charge in [-0.25, -0.2) is 0 Å². The zero-order valence-electron chi connectivity index (χ0n) is 14.8. The summed E-state index contributed by atoms with van der Waals surface area (Å²) < 4.78 is 1.34. The molecule has 1 aliphatic rings. The number of rotatable bonds is 6. The smallest absolute Gasteiger partial charge is 0.0130 e. The van der Waals surface area contributed by atoms with Crippen molar-refractivity contribution in [2.45, 2.75) is 64.2 Å². The van der Waals surface area contributed by atoms with Crippen LogP contribution in [-0.4, -0.2) is 0 Å². The quantitative estimate of drug-likeness (QED) is 0.425. The normalized spacial score (nSPS) is 20.9. The van der Waals surface area contributed by atoms with E-state index in [1.807, 2.05) is 0 Å². The van der Waals surface area contributed by atoms with Gasteiger partial charge in [-0.15, -0.1) is 0 Å². The summed E-state index contributed by atoms with van der Waals surface area (Å²) in [4.78, 5) is 0. The average Bonchev–Trinajstić information content (AvgIpc) is 2.63. The largest absolute Gasteiger partial charge is 0.0651 e. The fourth-order valence-corrected chi connectivity index (χ4v) is 4.41. The van der Waals surface area contributed by atoms with Gasteiger partial charge in [0.05, 0.1) is 0 Å². The third kappa shape index (κ3) is 5.08. The summed E-state index contributed by atoms with van der Waals surface area (Å²) in [5.41, 5.74) is 4.57. The molecule has 1 saturated carbocycles. The molecule has 0 radical (unpaired) electrons. The Morgan fingerprint density at radius 2 is 1.38 bits per heavy atom. The molecule has 0 amide bonds. The van der Waals surface area contributed by atoms with Crippen molar-refractivity contribution in [3.05, 3.63) is 68.8 Å². The topological polar surface area (TPSA) is 0 Å². The number of aryl methyl sites for hydroxylation is 2. The van der Waals surface area contributed by atoms with Gasteiger partial charge in [0.2, 0.25) is 0 Å². The highest BCUT2D eigenvalue weighted by Gasteiger charge is 2.22. The average molecular weight is 432 g/mol. The van der Waals surface area contributed by atoms with E-state index in [4.69, 9.17) is 0 Å². The van der Waals surface area contributed by atoms with Crippen molar-refractivity contribution in [2.24, 2.45) is 5.92 Å². The van der Waals surface area contributed by atoms with Crippen LogP contribution in [0.15, 0.2) is 48.5 Å². The maximum absolute atomic E-state index is 2.39. The summed E-state index contributed by atoms with van der Waals surface area (Å²) >= 11 is 2.38. The van der Waals surface area contributed by atoms with Crippen LogP contribution in [0.25, 0.3) is 0 Å². The zero-order chi connectivity index (χ0) is 16.8. The molecule has 0 nitrogen and oxygen atoms in total. The van der Waals surface area contributed by atoms with Gasteiger partial charge in [-0.3, -0.25) is 0 Å². The van der Waals surface area contributed by atoms with E-state index in [-0.39, 0.29) is 0 Å². The van der Waals surface area contributed by atoms with E-state index in [2.05, 4.69) is 78.0 Å². The molecule has 0 spiro atoms. The van der Waals surface area contributed by atoms with Crippen LogP contribution in [0.4, 0.5) is 0 Å². The highest BCUT2D eigenvalue weighted by molar-refractivity contribution is 14.1. The molecule has 0 atom stereocenters. The first kappa shape index (κ1) is 18.0. The number of hydrogen-bond acceptors (Lipinski definition) is 0. The Hall–Kier alpha value is -0.830. The maximum atomic E-state index is 2.39. The molecule has 24 heavy (non-hydrogen) atoms. The zero-order valence-corrected chi connectivity index (χ0v) is 17.0. The summed E-state index contributed by atoms with van der Waals surface area (Å²) in [6.07, 6.45) is 10.6. The van der Waals surface area contributed by atoms with Gasteiger partial charge in [-0.1, -0.05) is 49.7 Å².